The summed E-state index contributed by atoms with van der Waals surface area (Å²) in [6, 6.07) is -0.155. The molecular formula is C27H38FN5O5S. The van der Waals surface area contributed by atoms with E-state index in [1.165, 1.54) is 4.68 Å². The van der Waals surface area contributed by atoms with Crippen molar-refractivity contribution in [2.24, 2.45) is 0 Å². The van der Waals surface area contributed by atoms with Crippen molar-refractivity contribution < 1.29 is 28.2 Å². The molecule has 4 rings (SSSR count). The molecule has 4 atom stereocenters. The molecule has 2 aromatic heterocycles. The second-order valence-electron chi connectivity index (χ2n) is 12.2. The van der Waals surface area contributed by atoms with Crippen molar-refractivity contribution in [3.63, 3.8) is 0 Å². The van der Waals surface area contributed by atoms with Gasteiger partial charge in [-0.15, -0.1) is 0 Å². The highest BCUT2D eigenvalue weighted by Crippen LogP contribution is 2.41. The van der Waals surface area contributed by atoms with Gasteiger partial charge < -0.3 is 25.5 Å². The van der Waals surface area contributed by atoms with Gasteiger partial charge in [0, 0.05) is 16.6 Å². The Morgan fingerprint density at radius 2 is 1.74 bits per heavy atom. The number of carbonyl (C=O) groups excluding carboxylic acids is 3. The van der Waals surface area contributed by atoms with Gasteiger partial charge in [0.25, 0.3) is 0 Å². The molecule has 2 aromatic rings. The van der Waals surface area contributed by atoms with Crippen LogP contribution in [0.4, 0.5) is 14.9 Å². The molecule has 3 heterocycles. The molecule has 0 radical (unpaired) electrons. The number of hydrogen-bond acceptors (Lipinski definition) is 9. The summed E-state index contributed by atoms with van der Waals surface area (Å²) < 4.78 is 32.4. The number of Topliss-reactive ketones (excluding diaryl/α,β-unsaturated/α-hetero) is 1. The van der Waals surface area contributed by atoms with Crippen LogP contribution in [-0.4, -0.2) is 56.2 Å². The lowest BCUT2D eigenvalue weighted by Gasteiger charge is -2.34. The van der Waals surface area contributed by atoms with Crippen molar-refractivity contribution in [3.8, 4) is 0 Å². The van der Waals surface area contributed by atoms with Crippen LogP contribution in [0.2, 0.25) is 0 Å². The molecule has 10 nitrogen and oxygen atoms in total. The molecule has 0 bridgehead atoms. The van der Waals surface area contributed by atoms with Crippen LogP contribution in [0, 0.1) is 12.9 Å². The second-order valence-corrected chi connectivity index (χ2v) is 13.0. The van der Waals surface area contributed by atoms with Crippen molar-refractivity contribution in [2.45, 2.75) is 109 Å². The number of alkyl carbamates (subject to hydrolysis) is 1. The zero-order chi connectivity index (χ0) is 28.7. The second kappa shape index (κ2) is 10.8. The minimum atomic E-state index is -1.37. The Hall–Kier alpha value is -3.15. The number of rotatable bonds is 5. The molecule has 2 unspecified atom stereocenters. The van der Waals surface area contributed by atoms with E-state index in [0.717, 1.165) is 30.1 Å². The average Bonchev–Trinajstić information content (AvgIpc) is 3.35. The van der Waals surface area contributed by atoms with E-state index in [4.69, 9.17) is 9.47 Å². The smallest absolute Gasteiger partial charge is 0.407 e. The lowest BCUT2D eigenvalue weighted by molar-refractivity contribution is -0.157. The van der Waals surface area contributed by atoms with Crippen molar-refractivity contribution in [2.75, 3.05) is 10.7 Å². The maximum Gasteiger partial charge on any atom is 0.407 e. The molecule has 3 N–H and O–H groups in total. The lowest BCUT2D eigenvalue weighted by atomic mass is 9.86. The summed E-state index contributed by atoms with van der Waals surface area (Å²) >= 11 is 1.15. The molecule has 39 heavy (non-hydrogen) atoms. The van der Waals surface area contributed by atoms with E-state index in [9.17, 15) is 14.4 Å². The maximum absolute atomic E-state index is 15.9. The number of hydrogen-bond donors (Lipinski definition) is 3. The van der Waals surface area contributed by atoms with Gasteiger partial charge in [-0.3, -0.25) is 4.79 Å². The Balaban J connectivity index is 1.64. The van der Waals surface area contributed by atoms with Gasteiger partial charge in [-0.25, -0.2) is 14.3 Å². The van der Waals surface area contributed by atoms with Crippen LogP contribution in [0.25, 0.3) is 0 Å². The number of amides is 1. The van der Waals surface area contributed by atoms with E-state index >= 15 is 4.39 Å². The molecule has 0 spiro atoms. The first-order valence-corrected chi connectivity index (χ1v) is 14.0. The monoisotopic (exact) mass is 563 g/mol. The minimum absolute atomic E-state index is 0.0569. The van der Waals surface area contributed by atoms with E-state index in [2.05, 4.69) is 20.4 Å². The van der Waals surface area contributed by atoms with Crippen molar-refractivity contribution in [1.82, 2.24) is 14.4 Å². The number of halogens is 1. The van der Waals surface area contributed by atoms with Crippen LogP contribution in [0.5, 0.6) is 0 Å². The fourth-order valence-corrected chi connectivity index (χ4v) is 5.81. The van der Waals surface area contributed by atoms with E-state index in [1.807, 2.05) is 6.92 Å². The normalized spacial score (nSPS) is 23.4. The first-order valence-electron chi connectivity index (χ1n) is 13.3. The minimum Gasteiger partial charge on any atom is -0.458 e. The molecule has 1 fully saturated rings. The standard InChI is InChI=1S/C27H38FN5O5S/c1-14-12-18(39-32-14)19-15-13-33(23(28)20(15)30-21(22(19)34)24(35)37-26(2,3)4)31-17-11-9-8-10-16(17)29-25(36)38-27(5,6)7/h12-13,16-17,19,21,30-31H,8-11H2,1-7H3,(H,29,36)/t16-,17+,19?,21?/m0/s1. The first-order chi connectivity index (χ1) is 18.1. The van der Waals surface area contributed by atoms with Gasteiger partial charge >= 0.3 is 12.1 Å². The Morgan fingerprint density at radius 3 is 2.33 bits per heavy atom. The number of esters is 1. The summed E-state index contributed by atoms with van der Waals surface area (Å²) in [6.07, 6.45) is 4.25. The number of aryl methyl sites for hydroxylation is 1. The molecule has 1 aliphatic heterocycles. The van der Waals surface area contributed by atoms with Gasteiger partial charge in [-0.05, 0) is 78.9 Å². The van der Waals surface area contributed by atoms with Gasteiger partial charge in [0.15, 0.2) is 11.8 Å². The molecule has 0 saturated heterocycles. The van der Waals surface area contributed by atoms with E-state index in [-0.39, 0.29) is 17.8 Å². The third-order valence-corrected chi connectivity index (χ3v) is 7.43. The highest BCUT2D eigenvalue weighted by Gasteiger charge is 2.45. The summed E-state index contributed by atoms with van der Waals surface area (Å²) in [5.74, 6) is -2.75. The lowest BCUT2D eigenvalue weighted by Crippen LogP contribution is -2.51. The predicted octanol–water partition coefficient (Wildman–Crippen LogP) is 4.61. The number of nitrogens with zero attached hydrogens (tertiary/aromatic N) is 2. The van der Waals surface area contributed by atoms with Crippen LogP contribution in [0.1, 0.15) is 89.3 Å². The van der Waals surface area contributed by atoms with E-state index < -0.39 is 47.0 Å². The van der Waals surface area contributed by atoms with Crippen molar-refractivity contribution in [3.05, 3.63) is 34.3 Å². The van der Waals surface area contributed by atoms with Crippen LogP contribution in [-0.2, 0) is 19.1 Å². The Morgan fingerprint density at radius 1 is 1.10 bits per heavy atom. The van der Waals surface area contributed by atoms with E-state index in [0.29, 0.717) is 23.3 Å². The summed E-state index contributed by atoms with van der Waals surface area (Å²) in [4.78, 5) is 39.7. The zero-order valence-electron chi connectivity index (χ0n) is 23.5. The summed E-state index contributed by atoms with van der Waals surface area (Å²) in [5.41, 5.74) is 2.92. The number of nitrogens with one attached hydrogen (secondary N) is 3. The number of ether oxygens (including phenoxy) is 2. The topological polar surface area (TPSA) is 124 Å². The Bertz CT molecular complexity index is 1240. The maximum atomic E-state index is 15.9. The van der Waals surface area contributed by atoms with Gasteiger partial charge in [-0.2, -0.15) is 8.76 Å². The number of anilines is 1. The first kappa shape index (κ1) is 28.8. The average molecular weight is 564 g/mol. The van der Waals surface area contributed by atoms with Crippen molar-refractivity contribution >= 4 is 35.1 Å². The van der Waals surface area contributed by atoms with Crippen molar-refractivity contribution in [1.29, 1.82) is 0 Å². The molecule has 1 aliphatic carbocycles. The number of fused-ring (bicyclic) bond motifs is 1. The van der Waals surface area contributed by atoms with Crippen LogP contribution in [0.3, 0.4) is 0 Å². The van der Waals surface area contributed by atoms with Crippen LogP contribution < -0.4 is 16.1 Å². The van der Waals surface area contributed by atoms with Gasteiger partial charge in [0.1, 0.15) is 11.2 Å². The Labute approximate surface area is 232 Å². The van der Waals surface area contributed by atoms with Crippen LogP contribution >= 0.6 is 11.5 Å². The molecule has 1 amide bonds. The van der Waals surface area contributed by atoms with Gasteiger partial charge in [-0.1, -0.05) is 12.8 Å². The molecule has 2 aliphatic rings. The fraction of sp³-hybridized carbons (Fsp3) is 0.630. The summed E-state index contributed by atoms with van der Waals surface area (Å²) in [5, 5.41) is 5.72. The largest absolute Gasteiger partial charge is 0.458 e. The predicted molar refractivity (Wildman–Crippen MR) is 146 cm³/mol. The quantitative estimate of drug-likeness (QED) is 0.356. The number of ketones is 1. The molecule has 214 valence electrons. The van der Waals surface area contributed by atoms with E-state index in [1.54, 1.807) is 53.8 Å². The summed E-state index contributed by atoms with van der Waals surface area (Å²) in [6.45, 7) is 12.3. The Kier molecular flexibility index (Phi) is 7.98. The third-order valence-electron chi connectivity index (χ3n) is 6.49. The van der Waals surface area contributed by atoms with Crippen LogP contribution in [0.15, 0.2) is 12.3 Å². The van der Waals surface area contributed by atoms with Gasteiger partial charge in [0.05, 0.1) is 29.4 Å². The molecule has 12 heteroatoms. The number of carbonyl (C=O) groups is 3. The zero-order valence-corrected chi connectivity index (χ0v) is 24.3. The molecule has 1 saturated carbocycles. The summed E-state index contributed by atoms with van der Waals surface area (Å²) in [7, 11) is 0. The third kappa shape index (κ3) is 6.71. The number of aromatic nitrogens is 2. The highest BCUT2D eigenvalue weighted by molar-refractivity contribution is 7.06. The molecule has 0 aromatic carbocycles. The fourth-order valence-electron chi connectivity index (χ4n) is 4.94. The highest BCUT2D eigenvalue weighted by atomic mass is 32.1. The van der Waals surface area contributed by atoms with Gasteiger partial charge in [0.2, 0.25) is 5.95 Å². The molecular weight excluding hydrogens is 525 g/mol. The SMILES string of the molecule is Cc1cc(C2C(=O)C(C(=O)OC(C)(C)C)Nc3c2cn(N[C@@H]2CCCC[C@@H]2NC(=O)OC(C)(C)C)c3F)sn1.